The zero-order chi connectivity index (χ0) is 14.8. The van der Waals surface area contributed by atoms with Gasteiger partial charge in [0, 0.05) is 18.3 Å². The first-order valence-electron chi connectivity index (χ1n) is 6.60. The normalized spacial score (nSPS) is 13.8. The number of nitrogens with one attached hydrogen (secondary N) is 2. The first-order valence-corrected chi connectivity index (χ1v) is 6.60. The van der Waals surface area contributed by atoms with E-state index in [1.165, 1.54) is 18.5 Å². The third-order valence-corrected chi connectivity index (χ3v) is 3.12. The van der Waals surface area contributed by atoms with E-state index in [-0.39, 0.29) is 17.6 Å². The maximum Gasteiger partial charge on any atom is 0.253 e. The minimum atomic E-state index is -0.706. The minimum Gasteiger partial charge on any atom is -0.352 e. The van der Waals surface area contributed by atoms with Gasteiger partial charge in [0.2, 0.25) is 0 Å². The van der Waals surface area contributed by atoms with E-state index in [2.05, 4.69) is 15.6 Å². The fourth-order valence-electron chi connectivity index (χ4n) is 1.88. The molecule has 21 heavy (non-hydrogen) atoms. The predicted molar refractivity (Wildman–Crippen MR) is 74.4 cm³/mol. The Morgan fingerprint density at radius 2 is 2.00 bits per heavy atom. The van der Waals surface area contributed by atoms with Crippen molar-refractivity contribution < 1.29 is 13.6 Å². The molecule has 1 fully saturated rings. The summed E-state index contributed by atoms with van der Waals surface area (Å²) in [4.78, 5) is 15.9. The fraction of sp³-hybridized carbons (Fsp3) is 0.200. The van der Waals surface area contributed by atoms with Crippen molar-refractivity contribution in [2.75, 3.05) is 5.32 Å². The van der Waals surface area contributed by atoms with Crippen molar-refractivity contribution in [1.82, 2.24) is 10.3 Å². The van der Waals surface area contributed by atoms with Crippen LogP contribution in [0, 0.1) is 11.6 Å². The standard InChI is InChI=1S/C15H13F2N3O/c16-10-1-4-14(13(17)6-10)19-12-5-9(7-18-8-12)15(21)20-11-2-3-11/h1,4-8,11,19H,2-3H2,(H,20,21). The molecule has 0 spiro atoms. The van der Waals surface area contributed by atoms with E-state index in [0.717, 1.165) is 25.0 Å². The molecule has 1 aromatic heterocycles. The number of rotatable bonds is 4. The van der Waals surface area contributed by atoms with Crippen LogP contribution in [0.2, 0.25) is 0 Å². The molecule has 0 aliphatic heterocycles. The van der Waals surface area contributed by atoms with Gasteiger partial charge in [-0.25, -0.2) is 8.78 Å². The highest BCUT2D eigenvalue weighted by Gasteiger charge is 2.23. The smallest absolute Gasteiger partial charge is 0.253 e. The van der Waals surface area contributed by atoms with E-state index in [4.69, 9.17) is 0 Å². The number of halogens is 2. The van der Waals surface area contributed by atoms with Crippen molar-refractivity contribution in [3.63, 3.8) is 0 Å². The maximum atomic E-state index is 13.6. The van der Waals surface area contributed by atoms with Gasteiger partial charge in [0.1, 0.15) is 11.6 Å². The average molecular weight is 289 g/mol. The van der Waals surface area contributed by atoms with Crippen LogP contribution in [0.3, 0.4) is 0 Å². The molecule has 108 valence electrons. The molecule has 1 aromatic carbocycles. The molecule has 0 bridgehead atoms. The zero-order valence-electron chi connectivity index (χ0n) is 11.1. The van der Waals surface area contributed by atoms with Crippen LogP contribution in [0.1, 0.15) is 23.2 Å². The number of hydrogen-bond donors (Lipinski definition) is 2. The lowest BCUT2D eigenvalue weighted by molar-refractivity contribution is 0.0950. The van der Waals surface area contributed by atoms with Crippen LogP contribution in [0.5, 0.6) is 0 Å². The highest BCUT2D eigenvalue weighted by atomic mass is 19.1. The minimum absolute atomic E-state index is 0.123. The molecule has 2 N–H and O–H groups in total. The third-order valence-electron chi connectivity index (χ3n) is 3.12. The summed E-state index contributed by atoms with van der Waals surface area (Å²) in [6.07, 6.45) is 4.91. The Kier molecular flexibility index (Phi) is 3.51. The van der Waals surface area contributed by atoms with Crippen molar-refractivity contribution in [3.8, 4) is 0 Å². The predicted octanol–water partition coefficient (Wildman–Crippen LogP) is 3.00. The van der Waals surface area contributed by atoms with Gasteiger partial charge in [0.25, 0.3) is 5.91 Å². The number of anilines is 2. The summed E-state index contributed by atoms with van der Waals surface area (Å²) in [5.74, 6) is -1.55. The number of aromatic nitrogens is 1. The molecule has 1 saturated carbocycles. The molecule has 1 amide bonds. The van der Waals surface area contributed by atoms with Gasteiger partial charge in [-0.1, -0.05) is 0 Å². The van der Waals surface area contributed by atoms with Crippen LogP contribution in [0.15, 0.2) is 36.7 Å². The molecule has 1 heterocycles. The summed E-state index contributed by atoms with van der Waals surface area (Å²) >= 11 is 0. The van der Waals surface area contributed by atoms with Crippen LogP contribution in [0.4, 0.5) is 20.2 Å². The van der Waals surface area contributed by atoms with Gasteiger partial charge >= 0.3 is 0 Å². The highest BCUT2D eigenvalue weighted by Crippen LogP contribution is 2.22. The summed E-state index contributed by atoms with van der Waals surface area (Å²) < 4.78 is 26.4. The number of carbonyl (C=O) groups is 1. The molecule has 0 unspecified atom stereocenters. The van der Waals surface area contributed by atoms with E-state index < -0.39 is 11.6 Å². The number of carbonyl (C=O) groups excluding carboxylic acids is 1. The second-order valence-corrected chi connectivity index (χ2v) is 4.96. The number of pyridine rings is 1. The van der Waals surface area contributed by atoms with Crippen molar-refractivity contribution >= 4 is 17.3 Å². The lowest BCUT2D eigenvalue weighted by atomic mass is 10.2. The Bertz CT molecular complexity index is 686. The van der Waals surface area contributed by atoms with Crippen LogP contribution in [0.25, 0.3) is 0 Å². The molecule has 1 aliphatic rings. The van der Waals surface area contributed by atoms with E-state index >= 15 is 0 Å². The van der Waals surface area contributed by atoms with Gasteiger partial charge in [-0.3, -0.25) is 9.78 Å². The first kappa shape index (κ1) is 13.5. The molecule has 2 aromatic rings. The Balaban J connectivity index is 1.77. The molecule has 6 heteroatoms. The quantitative estimate of drug-likeness (QED) is 0.909. The number of hydrogen-bond acceptors (Lipinski definition) is 3. The third kappa shape index (κ3) is 3.34. The lowest BCUT2D eigenvalue weighted by Gasteiger charge is -2.09. The monoisotopic (exact) mass is 289 g/mol. The molecule has 1 aliphatic carbocycles. The van der Waals surface area contributed by atoms with Gasteiger partial charge in [-0.15, -0.1) is 0 Å². The summed E-state index contributed by atoms with van der Waals surface area (Å²) in [5.41, 5.74) is 0.983. The van der Waals surface area contributed by atoms with Gasteiger partial charge < -0.3 is 10.6 Å². The summed E-state index contributed by atoms with van der Waals surface area (Å²) in [6, 6.07) is 5.07. The van der Waals surface area contributed by atoms with Gasteiger partial charge in [0.05, 0.1) is 23.1 Å². The first-order chi connectivity index (χ1) is 10.1. The van der Waals surface area contributed by atoms with Crippen LogP contribution < -0.4 is 10.6 Å². The Morgan fingerprint density at radius 1 is 1.19 bits per heavy atom. The lowest BCUT2D eigenvalue weighted by Crippen LogP contribution is -2.25. The number of amides is 1. The number of benzene rings is 1. The van der Waals surface area contributed by atoms with Gasteiger partial charge in [-0.2, -0.15) is 0 Å². The molecular weight excluding hydrogens is 276 g/mol. The van der Waals surface area contributed by atoms with Crippen molar-refractivity contribution in [2.45, 2.75) is 18.9 Å². The second-order valence-electron chi connectivity index (χ2n) is 4.96. The Hall–Kier alpha value is -2.50. The Labute approximate surface area is 120 Å². The number of nitrogens with zero attached hydrogens (tertiary/aromatic N) is 1. The van der Waals surface area contributed by atoms with Crippen molar-refractivity contribution in [3.05, 3.63) is 53.9 Å². The largest absolute Gasteiger partial charge is 0.352 e. The Morgan fingerprint density at radius 3 is 2.71 bits per heavy atom. The van der Waals surface area contributed by atoms with Crippen LogP contribution >= 0.6 is 0 Å². The summed E-state index contributed by atoms with van der Waals surface area (Å²) in [7, 11) is 0. The molecule has 0 saturated heterocycles. The van der Waals surface area contributed by atoms with Gasteiger partial charge in [0.15, 0.2) is 0 Å². The van der Waals surface area contributed by atoms with Crippen LogP contribution in [-0.2, 0) is 0 Å². The molecule has 0 atom stereocenters. The fourth-order valence-corrected chi connectivity index (χ4v) is 1.88. The van der Waals surface area contributed by atoms with Crippen molar-refractivity contribution in [1.29, 1.82) is 0 Å². The highest BCUT2D eigenvalue weighted by molar-refractivity contribution is 5.95. The SMILES string of the molecule is O=C(NC1CC1)c1cncc(Nc2ccc(F)cc2F)c1. The molecule has 3 rings (SSSR count). The van der Waals surface area contributed by atoms with Crippen LogP contribution in [-0.4, -0.2) is 16.9 Å². The summed E-state index contributed by atoms with van der Waals surface area (Å²) in [5, 5.41) is 5.63. The maximum absolute atomic E-state index is 13.6. The van der Waals surface area contributed by atoms with E-state index in [1.807, 2.05) is 0 Å². The van der Waals surface area contributed by atoms with E-state index in [9.17, 15) is 13.6 Å². The second kappa shape index (κ2) is 5.47. The van der Waals surface area contributed by atoms with Crippen molar-refractivity contribution in [2.24, 2.45) is 0 Å². The van der Waals surface area contributed by atoms with E-state index in [1.54, 1.807) is 6.07 Å². The molecule has 4 nitrogen and oxygen atoms in total. The molecular formula is C15H13F2N3O. The topological polar surface area (TPSA) is 54.0 Å². The zero-order valence-corrected chi connectivity index (χ0v) is 11.1. The average Bonchev–Trinajstić information content (AvgIpc) is 3.26. The van der Waals surface area contributed by atoms with Gasteiger partial charge in [-0.05, 0) is 31.0 Å². The molecule has 0 radical (unpaired) electrons. The van der Waals surface area contributed by atoms with E-state index in [0.29, 0.717) is 11.3 Å². The summed E-state index contributed by atoms with van der Waals surface area (Å²) in [6.45, 7) is 0.